The van der Waals surface area contributed by atoms with Crippen LogP contribution >= 0.6 is 0 Å². The van der Waals surface area contributed by atoms with Gasteiger partial charge >= 0.3 is 6.96 Å². The van der Waals surface area contributed by atoms with Crippen molar-refractivity contribution in [3.05, 3.63) is 118 Å². The summed E-state index contributed by atoms with van der Waals surface area (Å²) in [7, 11) is 0. The molecule has 0 fully saturated rings. The van der Waals surface area contributed by atoms with Crippen molar-refractivity contribution in [2.75, 3.05) is 0 Å². The van der Waals surface area contributed by atoms with Crippen molar-refractivity contribution < 1.29 is 48.6 Å². The van der Waals surface area contributed by atoms with Crippen molar-refractivity contribution >= 4 is 61.6 Å². The van der Waals surface area contributed by atoms with E-state index >= 15 is 0 Å². The zero-order valence-electron chi connectivity index (χ0n) is 34.4. The highest BCUT2D eigenvalue weighted by Crippen LogP contribution is 2.60. The first kappa shape index (κ1) is 36.5. The molecule has 0 saturated heterocycles. The highest BCUT2D eigenvalue weighted by molar-refractivity contribution is 6.60. The molecule has 0 bridgehead atoms. The zero-order chi connectivity index (χ0) is 42.8. The summed E-state index contributed by atoms with van der Waals surface area (Å²) in [5, 5.41) is 51.0. The second-order valence-electron chi connectivity index (χ2n) is 17.3. The lowest BCUT2D eigenvalue weighted by molar-refractivity contribution is 0.102. The third kappa shape index (κ3) is 4.49. The lowest BCUT2D eigenvalue weighted by atomic mass is 9.76. The second-order valence-corrected chi connectivity index (χ2v) is 17.3. The van der Waals surface area contributed by atoms with Crippen LogP contribution < -0.4 is 18.6 Å². The van der Waals surface area contributed by atoms with E-state index in [2.05, 4.69) is 13.8 Å². The average molecular weight is 822 g/mol. The molecular weight excluding hydrogens is 783 g/mol. The van der Waals surface area contributed by atoms with Gasteiger partial charge < -0.3 is 39.0 Å². The van der Waals surface area contributed by atoms with E-state index in [4.69, 9.17) is 18.6 Å². The number of hydrogen-bond donors (Lipinski definition) is 4. The SMILES string of the molecule is CC[C@H](C)c1cc(O)c2c(c1)-c1c3c4c(cccc4c4cccc(c14)C2=O)O[B-]1(O3)Oc2cc(O)cc3c2c(c2c4c(c(O)cc(C)c43)C(=O)c3c(O)cc([C@@H](C)CC)cc3-2)O1. The minimum absolute atomic E-state index is 0.0124. The predicted octanol–water partition coefficient (Wildman–Crippen LogP) is 11.6. The molecule has 4 aliphatic rings. The minimum Gasteiger partial charge on any atom is -0.611 e. The Morgan fingerprint density at radius 2 is 1.06 bits per heavy atom. The monoisotopic (exact) mass is 821 g/mol. The molecule has 0 saturated carbocycles. The standard InChI is InChI=1S/C51H38BO10/c1-6-21(3)24-15-30-40(34(55)17-24)48(57)29-12-8-10-27-28-11-9-13-36-42(28)50(44(30)39(27)29)61-52(59-36)60-37-20-26(53)19-32-38-23(5)14-33(54)46-47(38)45(51(62-52)43(32)37)31-16-25(22(4)7-2)18-35(56)41(31)49(46)58/h8-22,53-56H,6-7H2,1-5H3/q-1/t21-,22-,52?/m0/s1. The van der Waals surface area contributed by atoms with Gasteiger partial charge in [-0.15, -0.1) is 0 Å². The topological polar surface area (TPSA) is 152 Å². The molecule has 3 atom stereocenters. The summed E-state index contributed by atoms with van der Waals surface area (Å²) < 4.78 is 27.8. The Labute approximate surface area is 354 Å². The Morgan fingerprint density at radius 3 is 1.71 bits per heavy atom. The zero-order valence-corrected chi connectivity index (χ0v) is 34.4. The number of phenols is 4. The Balaban J connectivity index is 1.19. The Hall–Kier alpha value is -7.40. The maximum absolute atomic E-state index is 14.5. The molecule has 4 N–H and O–H groups in total. The number of rotatable bonds is 4. The van der Waals surface area contributed by atoms with E-state index in [-0.39, 0.29) is 68.8 Å². The molecule has 62 heavy (non-hydrogen) atoms. The Kier molecular flexibility index (Phi) is 7.13. The molecule has 2 aliphatic heterocycles. The fraction of sp³-hybridized carbons (Fsp3) is 0.176. The van der Waals surface area contributed by atoms with E-state index in [1.807, 2.05) is 57.2 Å². The number of aromatic hydroxyl groups is 4. The van der Waals surface area contributed by atoms with Crippen LogP contribution in [-0.4, -0.2) is 38.9 Å². The van der Waals surface area contributed by atoms with Gasteiger partial charge in [-0.1, -0.05) is 58.0 Å². The van der Waals surface area contributed by atoms with Gasteiger partial charge in [0.05, 0.1) is 50.5 Å². The summed E-state index contributed by atoms with van der Waals surface area (Å²) in [6.45, 7) is 6.64. The molecule has 1 unspecified atom stereocenters. The van der Waals surface area contributed by atoms with E-state index in [0.29, 0.717) is 77.2 Å². The number of benzene rings is 8. The van der Waals surface area contributed by atoms with Crippen LogP contribution in [-0.2, 0) is 0 Å². The number of phenolic OH excluding ortho intramolecular Hbond substituents is 4. The number of carbonyl (C=O) groups is 2. The molecule has 2 heterocycles. The maximum atomic E-state index is 14.5. The minimum atomic E-state index is -3.39. The first-order valence-corrected chi connectivity index (χ1v) is 21.1. The summed E-state index contributed by atoms with van der Waals surface area (Å²) in [5.74, 6) is -0.500. The fourth-order valence-electron chi connectivity index (χ4n) is 10.5. The molecule has 306 valence electrons. The molecule has 1 spiro atoms. The summed E-state index contributed by atoms with van der Waals surface area (Å²) in [6, 6.07) is 22.8. The van der Waals surface area contributed by atoms with Gasteiger partial charge in [0, 0.05) is 50.0 Å². The van der Waals surface area contributed by atoms with Gasteiger partial charge in [-0.3, -0.25) is 9.59 Å². The first-order valence-electron chi connectivity index (χ1n) is 21.1. The molecule has 10 nitrogen and oxygen atoms in total. The Morgan fingerprint density at radius 1 is 0.516 bits per heavy atom. The largest absolute Gasteiger partial charge is 0.777 e. The van der Waals surface area contributed by atoms with Crippen LogP contribution in [0.15, 0.2) is 78.9 Å². The van der Waals surface area contributed by atoms with Crippen LogP contribution in [0.2, 0.25) is 0 Å². The average Bonchev–Trinajstić information content (AvgIpc) is 3.24. The lowest BCUT2D eigenvalue weighted by Crippen LogP contribution is -2.62. The van der Waals surface area contributed by atoms with Crippen LogP contribution in [0.25, 0.3) is 65.3 Å². The van der Waals surface area contributed by atoms with Gasteiger partial charge in [0.1, 0.15) is 23.0 Å². The second kappa shape index (κ2) is 12.1. The molecule has 0 aromatic heterocycles. The van der Waals surface area contributed by atoms with E-state index in [1.165, 1.54) is 12.1 Å². The quantitative estimate of drug-likeness (QED) is 0.0997. The number of ketones is 2. The van der Waals surface area contributed by atoms with Crippen molar-refractivity contribution in [1.29, 1.82) is 0 Å². The molecule has 11 heteroatoms. The van der Waals surface area contributed by atoms with Gasteiger partial charge in [-0.25, -0.2) is 0 Å². The Bertz CT molecular complexity index is 3480. The number of carbonyl (C=O) groups excluding carboxylic acids is 2. The molecule has 2 aliphatic carbocycles. The van der Waals surface area contributed by atoms with E-state index in [9.17, 15) is 30.0 Å². The van der Waals surface area contributed by atoms with Gasteiger partial charge in [0.15, 0.2) is 5.78 Å². The fourth-order valence-corrected chi connectivity index (χ4v) is 10.5. The third-order valence-corrected chi connectivity index (χ3v) is 13.8. The van der Waals surface area contributed by atoms with Crippen LogP contribution in [0.3, 0.4) is 0 Å². The summed E-state index contributed by atoms with van der Waals surface area (Å²) in [6.07, 6.45) is 1.56. The van der Waals surface area contributed by atoms with E-state index in [0.717, 1.165) is 34.7 Å². The van der Waals surface area contributed by atoms with Crippen molar-refractivity contribution in [3.63, 3.8) is 0 Å². The van der Waals surface area contributed by atoms with Gasteiger partial charge in [0.2, 0.25) is 5.78 Å². The van der Waals surface area contributed by atoms with Crippen LogP contribution in [0, 0.1) is 6.92 Å². The van der Waals surface area contributed by atoms with Crippen LogP contribution in [0.1, 0.15) is 101 Å². The van der Waals surface area contributed by atoms with Crippen LogP contribution in [0.4, 0.5) is 0 Å². The molecule has 8 aromatic carbocycles. The van der Waals surface area contributed by atoms with Gasteiger partial charge in [-0.05, 0) is 107 Å². The molecular formula is C51H38BO10-. The molecule has 0 amide bonds. The normalized spacial score (nSPS) is 17.4. The lowest BCUT2D eigenvalue weighted by Gasteiger charge is -2.49. The van der Waals surface area contributed by atoms with Crippen molar-refractivity contribution in [2.45, 2.75) is 59.3 Å². The van der Waals surface area contributed by atoms with E-state index in [1.54, 1.807) is 30.3 Å². The first-order chi connectivity index (χ1) is 29.8. The van der Waals surface area contributed by atoms with Gasteiger partial charge in [-0.2, -0.15) is 0 Å². The number of aryl methyl sites for hydroxylation is 1. The third-order valence-electron chi connectivity index (χ3n) is 13.8. The van der Waals surface area contributed by atoms with Crippen molar-refractivity contribution in [1.82, 2.24) is 0 Å². The number of hydrogen-bond acceptors (Lipinski definition) is 10. The highest BCUT2D eigenvalue weighted by Gasteiger charge is 2.52. The molecule has 8 aromatic rings. The summed E-state index contributed by atoms with van der Waals surface area (Å²) in [5.41, 5.74) is 4.74. The summed E-state index contributed by atoms with van der Waals surface area (Å²) >= 11 is 0. The smallest absolute Gasteiger partial charge is 0.611 e. The van der Waals surface area contributed by atoms with Crippen molar-refractivity contribution in [3.8, 4) is 68.2 Å². The van der Waals surface area contributed by atoms with Crippen LogP contribution in [0.5, 0.6) is 46.0 Å². The predicted molar refractivity (Wildman–Crippen MR) is 238 cm³/mol. The highest BCUT2D eigenvalue weighted by atomic mass is 16.9. The molecule has 0 radical (unpaired) electrons. The molecule has 12 rings (SSSR count). The summed E-state index contributed by atoms with van der Waals surface area (Å²) in [4.78, 5) is 28.9. The van der Waals surface area contributed by atoms with Crippen molar-refractivity contribution in [2.24, 2.45) is 0 Å². The number of fused-ring (bicyclic) bond motifs is 8. The van der Waals surface area contributed by atoms with E-state index < -0.39 is 12.7 Å². The van der Waals surface area contributed by atoms with Gasteiger partial charge in [0.25, 0.3) is 0 Å². The maximum Gasteiger partial charge on any atom is 0.777 e.